The summed E-state index contributed by atoms with van der Waals surface area (Å²) >= 11 is 0. The summed E-state index contributed by atoms with van der Waals surface area (Å²) in [6, 6.07) is 11.2. The SMILES string of the molecule is COc1cccc(C2C3=C(CC(c4ccco4)CC3=O)Nc3ncnn32)c1. The molecular formula is C20H18N4O3. The average molecular weight is 362 g/mol. The fourth-order valence-electron chi connectivity index (χ4n) is 4.00. The molecule has 27 heavy (non-hydrogen) atoms. The predicted octanol–water partition coefficient (Wildman–Crippen LogP) is 3.30. The minimum atomic E-state index is -0.320. The van der Waals surface area contributed by atoms with Crippen molar-refractivity contribution in [2.24, 2.45) is 0 Å². The summed E-state index contributed by atoms with van der Waals surface area (Å²) < 4.78 is 12.7. The maximum absolute atomic E-state index is 13.2. The number of rotatable bonds is 3. The number of ketones is 1. The molecule has 1 N–H and O–H groups in total. The Morgan fingerprint density at radius 2 is 2.19 bits per heavy atom. The predicted molar refractivity (Wildman–Crippen MR) is 97.5 cm³/mol. The monoisotopic (exact) mass is 362 g/mol. The summed E-state index contributed by atoms with van der Waals surface area (Å²) in [5, 5.41) is 7.67. The lowest BCUT2D eigenvalue weighted by atomic mass is 9.79. The van der Waals surface area contributed by atoms with Crippen LogP contribution in [0.1, 0.15) is 36.1 Å². The molecule has 3 heterocycles. The third-order valence-electron chi connectivity index (χ3n) is 5.22. The van der Waals surface area contributed by atoms with Crippen molar-refractivity contribution in [3.8, 4) is 5.75 Å². The normalized spacial score (nSPS) is 21.4. The van der Waals surface area contributed by atoms with Crippen LogP contribution in [0.3, 0.4) is 0 Å². The summed E-state index contributed by atoms with van der Waals surface area (Å²) in [5.74, 6) is 2.33. The Bertz CT molecular complexity index is 1040. The number of anilines is 1. The summed E-state index contributed by atoms with van der Waals surface area (Å²) in [4.78, 5) is 17.5. The number of hydrogen-bond donors (Lipinski definition) is 1. The number of ether oxygens (including phenoxy) is 1. The Kier molecular flexibility index (Phi) is 3.60. The van der Waals surface area contributed by atoms with Gasteiger partial charge in [-0.2, -0.15) is 10.1 Å². The molecule has 7 nitrogen and oxygen atoms in total. The van der Waals surface area contributed by atoms with Gasteiger partial charge in [-0.25, -0.2) is 4.68 Å². The molecule has 0 spiro atoms. The van der Waals surface area contributed by atoms with Crippen LogP contribution in [0.25, 0.3) is 0 Å². The van der Waals surface area contributed by atoms with Gasteiger partial charge >= 0.3 is 0 Å². The minimum Gasteiger partial charge on any atom is -0.497 e. The van der Waals surface area contributed by atoms with Crippen molar-refractivity contribution >= 4 is 11.7 Å². The number of carbonyl (C=O) groups is 1. The summed E-state index contributed by atoms with van der Waals surface area (Å²) in [6.45, 7) is 0. The third-order valence-corrected chi connectivity index (χ3v) is 5.22. The Morgan fingerprint density at radius 3 is 3.00 bits per heavy atom. The van der Waals surface area contributed by atoms with E-state index in [1.165, 1.54) is 6.33 Å². The van der Waals surface area contributed by atoms with Gasteiger partial charge in [-0.15, -0.1) is 0 Å². The molecule has 1 aliphatic carbocycles. The Morgan fingerprint density at radius 1 is 1.26 bits per heavy atom. The highest BCUT2D eigenvalue weighted by Gasteiger charge is 2.39. The smallest absolute Gasteiger partial charge is 0.226 e. The second kappa shape index (κ2) is 6.12. The molecule has 1 aromatic carbocycles. The van der Waals surface area contributed by atoms with Gasteiger partial charge in [0.25, 0.3) is 0 Å². The fraction of sp³-hybridized carbons (Fsp3) is 0.250. The van der Waals surface area contributed by atoms with Crippen LogP contribution in [0.15, 0.2) is 64.7 Å². The molecule has 2 unspecified atom stereocenters. The number of methoxy groups -OCH3 is 1. The van der Waals surface area contributed by atoms with Crippen molar-refractivity contribution in [1.29, 1.82) is 0 Å². The molecular weight excluding hydrogens is 344 g/mol. The van der Waals surface area contributed by atoms with Gasteiger partial charge in [-0.05, 0) is 36.2 Å². The van der Waals surface area contributed by atoms with Crippen molar-refractivity contribution in [1.82, 2.24) is 14.8 Å². The molecule has 2 aliphatic rings. The number of nitrogens with one attached hydrogen (secondary N) is 1. The van der Waals surface area contributed by atoms with E-state index < -0.39 is 0 Å². The number of Topliss-reactive ketones (excluding diaryl/α,β-unsaturated/α-hetero) is 1. The van der Waals surface area contributed by atoms with E-state index in [2.05, 4.69) is 15.4 Å². The van der Waals surface area contributed by atoms with Gasteiger partial charge in [0.2, 0.25) is 5.95 Å². The zero-order valence-corrected chi connectivity index (χ0v) is 14.8. The topological polar surface area (TPSA) is 82.2 Å². The van der Waals surface area contributed by atoms with Crippen LogP contribution in [0.2, 0.25) is 0 Å². The number of carbonyl (C=O) groups excluding carboxylic acids is 1. The molecule has 0 fully saturated rings. The second-order valence-corrected chi connectivity index (χ2v) is 6.77. The molecule has 0 bridgehead atoms. The van der Waals surface area contributed by atoms with Crippen LogP contribution in [-0.2, 0) is 4.79 Å². The van der Waals surface area contributed by atoms with Gasteiger partial charge in [0.15, 0.2) is 5.78 Å². The van der Waals surface area contributed by atoms with E-state index in [9.17, 15) is 4.79 Å². The molecule has 0 saturated heterocycles. The molecule has 5 rings (SSSR count). The van der Waals surface area contributed by atoms with E-state index in [0.717, 1.165) is 28.3 Å². The van der Waals surface area contributed by atoms with Crippen LogP contribution < -0.4 is 10.1 Å². The highest BCUT2D eigenvalue weighted by Crippen LogP contribution is 2.44. The standard InChI is InChI=1S/C20H18N4O3/c1-26-14-5-2-4-12(8-14)19-18-15(23-20-21-11-22-24(19)20)9-13(10-16(18)25)17-6-3-7-27-17/h2-8,11,13,19H,9-10H2,1H3,(H,21,22,23). The van der Waals surface area contributed by atoms with Gasteiger partial charge in [0.05, 0.1) is 13.4 Å². The van der Waals surface area contributed by atoms with Gasteiger partial charge in [-0.3, -0.25) is 4.79 Å². The summed E-state index contributed by atoms with van der Waals surface area (Å²) in [7, 11) is 1.63. The second-order valence-electron chi connectivity index (χ2n) is 6.77. The average Bonchev–Trinajstić information content (AvgIpc) is 3.38. The van der Waals surface area contributed by atoms with Gasteiger partial charge in [0.1, 0.15) is 23.9 Å². The first kappa shape index (κ1) is 15.9. The van der Waals surface area contributed by atoms with Crippen LogP contribution in [0, 0.1) is 0 Å². The Labute approximate surface area is 155 Å². The van der Waals surface area contributed by atoms with Crippen molar-refractivity contribution in [2.75, 3.05) is 12.4 Å². The van der Waals surface area contributed by atoms with Crippen molar-refractivity contribution in [2.45, 2.75) is 24.8 Å². The molecule has 0 saturated carbocycles. The number of nitrogens with zero attached hydrogens (tertiary/aromatic N) is 3. The molecule has 1 aliphatic heterocycles. The van der Waals surface area contributed by atoms with Crippen LogP contribution in [-0.4, -0.2) is 27.7 Å². The zero-order chi connectivity index (χ0) is 18.4. The van der Waals surface area contributed by atoms with E-state index in [0.29, 0.717) is 18.8 Å². The zero-order valence-electron chi connectivity index (χ0n) is 14.8. The molecule has 0 amide bonds. The molecule has 136 valence electrons. The van der Waals surface area contributed by atoms with E-state index in [1.54, 1.807) is 18.1 Å². The molecule has 3 aromatic rings. The quantitative estimate of drug-likeness (QED) is 0.770. The number of allylic oxidation sites excluding steroid dienone is 2. The van der Waals surface area contributed by atoms with E-state index in [4.69, 9.17) is 9.15 Å². The maximum atomic E-state index is 13.2. The van der Waals surface area contributed by atoms with Crippen molar-refractivity contribution in [3.05, 3.63) is 71.6 Å². The van der Waals surface area contributed by atoms with Crippen molar-refractivity contribution < 1.29 is 13.9 Å². The van der Waals surface area contributed by atoms with Gasteiger partial charge < -0.3 is 14.5 Å². The van der Waals surface area contributed by atoms with Crippen LogP contribution in [0.4, 0.5) is 5.95 Å². The molecule has 2 atom stereocenters. The van der Waals surface area contributed by atoms with E-state index in [1.807, 2.05) is 36.4 Å². The number of benzene rings is 1. The first-order valence-corrected chi connectivity index (χ1v) is 8.84. The van der Waals surface area contributed by atoms with Crippen molar-refractivity contribution in [3.63, 3.8) is 0 Å². The summed E-state index contributed by atoms with van der Waals surface area (Å²) in [6.07, 6.45) is 4.26. The highest BCUT2D eigenvalue weighted by molar-refractivity contribution is 6.00. The first-order valence-electron chi connectivity index (χ1n) is 8.84. The molecule has 2 aromatic heterocycles. The number of hydrogen-bond acceptors (Lipinski definition) is 6. The largest absolute Gasteiger partial charge is 0.497 e. The molecule has 7 heteroatoms. The summed E-state index contributed by atoms with van der Waals surface area (Å²) in [5.41, 5.74) is 2.57. The van der Waals surface area contributed by atoms with Crippen LogP contribution in [0.5, 0.6) is 5.75 Å². The Hall–Kier alpha value is -3.35. The third kappa shape index (κ3) is 2.54. The maximum Gasteiger partial charge on any atom is 0.226 e. The fourth-order valence-corrected chi connectivity index (χ4v) is 4.00. The minimum absolute atomic E-state index is 0.0270. The van der Waals surface area contributed by atoms with Crippen LogP contribution >= 0.6 is 0 Å². The van der Waals surface area contributed by atoms with Gasteiger partial charge in [0, 0.05) is 23.6 Å². The lowest BCUT2D eigenvalue weighted by Gasteiger charge is -2.34. The molecule has 0 radical (unpaired) electrons. The van der Waals surface area contributed by atoms with Gasteiger partial charge in [-0.1, -0.05) is 12.1 Å². The lowest BCUT2D eigenvalue weighted by Crippen LogP contribution is -2.33. The van der Waals surface area contributed by atoms with E-state index in [-0.39, 0.29) is 17.7 Å². The lowest BCUT2D eigenvalue weighted by molar-refractivity contribution is -0.117. The van der Waals surface area contributed by atoms with E-state index >= 15 is 0 Å². The number of furan rings is 1. The number of fused-ring (bicyclic) bond motifs is 1. The highest BCUT2D eigenvalue weighted by atomic mass is 16.5. The Balaban J connectivity index is 1.62. The first-order chi connectivity index (χ1) is 13.2. The number of aromatic nitrogens is 3.